The van der Waals surface area contributed by atoms with Crippen LogP contribution in [0.5, 0.6) is 0 Å². The summed E-state index contributed by atoms with van der Waals surface area (Å²) in [6, 6.07) is 7.69. The number of hydrogen-bond donors (Lipinski definition) is 0. The number of rotatable bonds is 4. The van der Waals surface area contributed by atoms with Gasteiger partial charge in [-0.05, 0) is 24.0 Å². The molecule has 1 heterocycles. The van der Waals surface area contributed by atoms with Gasteiger partial charge in [0, 0.05) is 5.02 Å². The summed E-state index contributed by atoms with van der Waals surface area (Å²) in [6.07, 6.45) is 3.99. The molecule has 0 aliphatic carbocycles. The van der Waals surface area contributed by atoms with E-state index in [-0.39, 0.29) is 12.5 Å². The Balaban J connectivity index is 2.34. The second-order valence-corrected chi connectivity index (χ2v) is 6.36. The lowest BCUT2D eigenvalue weighted by Gasteiger charge is -1.97. The zero-order valence-electron chi connectivity index (χ0n) is 10.6. The molecule has 3 nitrogen and oxygen atoms in total. The molecule has 0 fully saturated rings. The first-order valence-corrected chi connectivity index (χ1v) is 7.92. The standard InChI is InChI=1S/C13H13ClNO2S2/c1-17-12(16)8-15-7-11(13(18-2)19-15)9-3-5-10(14)6-4-9/h3-7H,8H2,1-2H3/q+1. The fourth-order valence-electron chi connectivity index (χ4n) is 1.62. The molecule has 1 aromatic carbocycles. The Bertz CT molecular complexity index is 581. The lowest BCUT2D eigenvalue weighted by molar-refractivity contribution is -0.617. The number of methoxy groups -OCH3 is 1. The molecular weight excluding hydrogens is 302 g/mol. The number of nitrogens with zero attached hydrogens (tertiary/aromatic N) is 1. The van der Waals surface area contributed by atoms with E-state index in [1.54, 1.807) is 23.3 Å². The summed E-state index contributed by atoms with van der Waals surface area (Å²) in [4.78, 5) is 11.3. The first-order chi connectivity index (χ1) is 9.13. The average molecular weight is 315 g/mol. The zero-order chi connectivity index (χ0) is 13.8. The number of esters is 1. The summed E-state index contributed by atoms with van der Waals surface area (Å²) in [5, 5.41) is 0.715. The van der Waals surface area contributed by atoms with Gasteiger partial charge in [-0.2, -0.15) is 0 Å². The third-order valence-corrected chi connectivity index (χ3v) is 4.97. The first-order valence-electron chi connectivity index (χ1n) is 5.54. The van der Waals surface area contributed by atoms with Crippen LogP contribution < -0.4 is 3.96 Å². The highest BCUT2D eigenvalue weighted by molar-refractivity contribution is 8.00. The predicted octanol–water partition coefficient (Wildman–Crippen LogP) is 3.25. The lowest BCUT2D eigenvalue weighted by atomic mass is 10.1. The molecule has 0 bridgehead atoms. The Morgan fingerprint density at radius 1 is 1.42 bits per heavy atom. The SMILES string of the molecule is COC(=O)C[n+]1cc(-c2ccc(Cl)cc2)c(SC)s1. The number of hydrogen-bond acceptors (Lipinski definition) is 4. The van der Waals surface area contributed by atoms with Gasteiger partial charge in [0.15, 0.2) is 6.20 Å². The highest BCUT2D eigenvalue weighted by atomic mass is 35.5. The monoisotopic (exact) mass is 314 g/mol. The van der Waals surface area contributed by atoms with Crippen molar-refractivity contribution in [3.63, 3.8) is 0 Å². The number of aromatic nitrogens is 1. The molecule has 0 radical (unpaired) electrons. The molecule has 0 aliphatic rings. The van der Waals surface area contributed by atoms with Crippen LogP contribution in [0.1, 0.15) is 0 Å². The van der Waals surface area contributed by atoms with Crippen LogP contribution in [0.3, 0.4) is 0 Å². The van der Waals surface area contributed by atoms with E-state index in [2.05, 4.69) is 4.74 Å². The van der Waals surface area contributed by atoms with Crippen molar-refractivity contribution in [1.29, 1.82) is 0 Å². The van der Waals surface area contributed by atoms with Crippen LogP contribution in [0, 0.1) is 0 Å². The van der Waals surface area contributed by atoms with E-state index in [1.165, 1.54) is 7.11 Å². The average Bonchev–Trinajstić information content (AvgIpc) is 2.82. The van der Waals surface area contributed by atoms with Gasteiger partial charge in [-0.15, -0.1) is 15.7 Å². The molecule has 0 atom stereocenters. The molecule has 0 saturated heterocycles. The van der Waals surface area contributed by atoms with E-state index >= 15 is 0 Å². The summed E-state index contributed by atoms with van der Waals surface area (Å²) >= 11 is 9.11. The second-order valence-electron chi connectivity index (χ2n) is 3.78. The molecule has 0 aliphatic heterocycles. The van der Waals surface area contributed by atoms with Gasteiger partial charge >= 0.3 is 5.97 Å². The van der Waals surface area contributed by atoms with Gasteiger partial charge in [-0.25, -0.2) is 4.79 Å². The predicted molar refractivity (Wildman–Crippen MR) is 78.8 cm³/mol. The Hall–Kier alpha value is -1.04. The third kappa shape index (κ3) is 3.49. The maximum atomic E-state index is 11.3. The number of halogens is 1. The van der Waals surface area contributed by atoms with E-state index in [0.29, 0.717) is 5.02 Å². The minimum absolute atomic E-state index is 0.238. The van der Waals surface area contributed by atoms with Crippen molar-refractivity contribution in [3.8, 4) is 11.1 Å². The summed E-state index contributed by atoms with van der Waals surface area (Å²) < 4.78 is 7.72. The molecule has 2 aromatic rings. The largest absolute Gasteiger partial charge is 0.464 e. The van der Waals surface area contributed by atoms with Crippen molar-refractivity contribution < 1.29 is 13.5 Å². The molecule has 0 spiro atoms. The van der Waals surface area contributed by atoms with Gasteiger partial charge in [-0.1, -0.05) is 23.7 Å². The maximum absolute atomic E-state index is 11.3. The minimum Gasteiger partial charge on any atom is -0.464 e. The zero-order valence-corrected chi connectivity index (χ0v) is 12.9. The van der Waals surface area contributed by atoms with Crippen molar-refractivity contribution in [1.82, 2.24) is 0 Å². The van der Waals surface area contributed by atoms with Gasteiger partial charge in [0.1, 0.15) is 15.7 Å². The first kappa shape index (κ1) is 14.4. The summed E-state index contributed by atoms with van der Waals surface area (Å²) in [5.41, 5.74) is 2.20. The topological polar surface area (TPSA) is 30.2 Å². The third-order valence-electron chi connectivity index (χ3n) is 2.55. The molecule has 2 rings (SSSR count). The normalized spacial score (nSPS) is 10.5. The van der Waals surface area contributed by atoms with Gasteiger partial charge in [0.2, 0.25) is 0 Å². The maximum Gasteiger partial charge on any atom is 0.373 e. The van der Waals surface area contributed by atoms with Crippen LogP contribution in [-0.2, 0) is 16.1 Å². The molecule has 1 aromatic heterocycles. The lowest BCUT2D eigenvalue weighted by Crippen LogP contribution is -2.33. The molecule has 100 valence electrons. The summed E-state index contributed by atoms with van der Waals surface area (Å²) in [7, 11) is 1.39. The van der Waals surface area contributed by atoms with Crippen LogP contribution >= 0.6 is 34.9 Å². The highest BCUT2D eigenvalue weighted by Crippen LogP contribution is 2.32. The molecule has 6 heteroatoms. The fourth-order valence-corrected chi connectivity index (χ4v) is 3.53. The number of carbonyl (C=O) groups excluding carboxylic acids is 1. The van der Waals surface area contributed by atoms with Crippen LogP contribution in [-0.4, -0.2) is 19.3 Å². The van der Waals surface area contributed by atoms with E-state index in [4.69, 9.17) is 11.6 Å². The Kier molecular flexibility index (Phi) is 4.85. The van der Waals surface area contributed by atoms with Gasteiger partial charge in [-0.3, -0.25) is 0 Å². The molecule has 19 heavy (non-hydrogen) atoms. The van der Waals surface area contributed by atoms with E-state index in [1.807, 2.05) is 40.7 Å². The molecular formula is C13H13ClNO2S2+. The van der Waals surface area contributed by atoms with Crippen LogP contribution in [0.25, 0.3) is 11.1 Å². The Morgan fingerprint density at radius 2 is 2.11 bits per heavy atom. The quantitative estimate of drug-likeness (QED) is 0.493. The van der Waals surface area contributed by atoms with Gasteiger partial charge in [0.05, 0.1) is 12.7 Å². The van der Waals surface area contributed by atoms with Crippen LogP contribution in [0.15, 0.2) is 34.7 Å². The number of benzene rings is 1. The fraction of sp³-hybridized carbons (Fsp3) is 0.231. The summed E-state index contributed by atoms with van der Waals surface area (Å²) in [5.74, 6) is -0.249. The van der Waals surface area contributed by atoms with Gasteiger partial charge in [0.25, 0.3) is 6.54 Å². The van der Waals surface area contributed by atoms with E-state index in [0.717, 1.165) is 15.3 Å². The minimum atomic E-state index is -0.249. The Morgan fingerprint density at radius 3 is 2.68 bits per heavy atom. The van der Waals surface area contributed by atoms with Crippen LogP contribution in [0.2, 0.25) is 5.02 Å². The molecule has 0 N–H and O–H groups in total. The highest BCUT2D eigenvalue weighted by Gasteiger charge is 2.20. The number of carbonyl (C=O) groups is 1. The van der Waals surface area contributed by atoms with Gasteiger partial charge < -0.3 is 4.74 Å². The molecule has 0 saturated carbocycles. The van der Waals surface area contributed by atoms with Crippen molar-refractivity contribution in [2.24, 2.45) is 0 Å². The van der Waals surface area contributed by atoms with Crippen molar-refractivity contribution in [2.45, 2.75) is 10.8 Å². The summed E-state index contributed by atoms with van der Waals surface area (Å²) in [6.45, 7) is 0.238. The number of thioether (sulfide) groups is 1. The van der Waals surface area contributed by atoms with Crippen molar-refractivity contribution >= 4 is 40.9 Å². The second kappa shape index (κ2) is 6.41. The van der Waals surface area contributed by atoms with Crippen molar-refractivity contribution in [2.75, 3.05) is 13.4 Å². The Labute approximate surface area is 125 Å². The number of ether oxygens (including phenoxy) is 1. The van der Waals surface area contributed by atoms with E-state index in [9.17, 15) is 4.79 Å². The molecule has 0 amide bonds. The molecule has 0 unspecified atom stereocenters. The van der Waals surface area contributed by atoms with Crippen molar-refractivity contribution in [3.05, 3.63) is 35.5 Å². The van der Waals surface area contributed by atoms with E-state index < -0.39 is 0 Å². The smallest absolute Gasteiger partial charge is 0.373 e. The van der Waals surface area contributed by atoms with Crippen LogP contribution in [0.4, 0.5) is 0 Å².